The van der Waals surface area contributed by atoms with Gasteiger partial charge in [-0.25, -0.2) is 19.3 Å². The molecule has 0 unspecified atom stereocenters. The number of aromatic amines is 2. The van der Waals surface area contributed by atoms with E-state index in [0.29, 0.717) is 28.4 Å². The predicted molar refractivity (Wildman–Crippen MR) is 139 cm³/mol. The number of pyridine rings is 3. The van der Waals surface area contributed by atoms with Crippen LogP contribution in [0, 0.1) is 11.7 Å². The lowest BCUT2D eigenvalue weighted by atomic mass is 9.85. The number of carbonyl (C=O) groups excluding carboxylic acids is 1. The number of nitrogens with zero attached hydrogens (tertiary/aromatic N) is 5. The van der Waals surface area contributed by atoms with Crippen molar-refractivity contribution in [3.05, 3.63) is 60.3 Å². The lowest BCUT2D eigenvalue weighted by Gasteiger charge is -2.24. The van der Waals surface area contributed by atoms with E-state index in [1.807, 2.05) is 23.6 Å². The van der Waals surface area contributed by atoms with Gasteiger partial charge in [-0.05, 0) is 36.4 Å². The van der Waals surface area contributed by atoms with Crippen molar-refractivity contribution in [2.45, 2.75) is 19.3 Å². The second kappa shape index (κ2) is 8.56. The van der Waals surface area contributed by atoms with Gasteiger partial charge in [0.25, 0.3) is 0 Å². The van der Waals surface area contributed by atoms with E-state index in [0.717, 1.165) is 35.2 Å². The van der Waals surface area contributed by atoms with Crippen molar-refractivity contribution < 1.29 is 9.18 Å². The number of rotatable bonds is 5. The van der Waals surface area contributed by atoms with Gasteiger partial charge >= 0.3 is 0 Å². The van der Waals surface area contributed by atoms with E-state index in [-0.39, 0.29) is 28.4 Å². The largest absolute Gasteiger partial charge is 0.335 e. The summed E-state index contributed by atoms with van der Waals surface area (Å²) in [7, 11) is 0. The lowest BCUT2D eigenvalue weighted by Crippen LogP contribution is -2.28. The average molecular weight is 511 g/mol. The van der Waals surface area contributed by atoms with E-state index in [1.54, 1.807) is 36.0 Å². The summed E-state index contributed by atoms with van der Waals surface area (Å²) >= 11 is 1.61. The van der Waals surface area contributed by atoms with Crippen molar-refractivity contribution in [1.82, 2.24) is 35.1 Å². The molecule has 6 heterocycles. The summed E-state index contributed by atoms with van der Waals surface area (Å²) in [6.45, 7) is 0. The zero-order valence-electron chi connectivity index (χ0n) is 19.3. The molecule has 1 aliphatic carbocycles. The van der Waals surface area contributed by atoms with Gasteiger partial charge < -0.3 is 10.3 Å². The van der Waals surface area contributed by atoms with Gasteiger partial charge in [0.1, 0.15) is 11.5 Å². The number of hydrogen-bond donors (Lipinski definition) is 3. The number of halogens is 1. The first-order valence-electron chi connectivity index (χ1n) is 11.8. The normalized spacial score (nSPS) is 13.8. The molecule has 6 aromatic heterocycles. The van der Waals surface area contributed by atoms with Crippen LogP contribution in [0.1, 0.15) is 19.3 Å². The highest BCUT2D eigenvalue weighted by atomic mass is 32.1. The Morgan fingerprint density at radius 1 is 1.11 bits per heavy atom. The Bertz CT molecular complexity index is 1790. The SMILES string of the molecule is O=C(Nc1cncc(-c2cnc3n[nH]c(-c4nc5nccc(-c6cccs6)c5[nH]4)c3c2F)c1)C1CCC1. The predicted octanol–water partition coefficient (Wildman–Crippen LogP) is 5.56. The van der Waals surface area contributed by atoms with Crippen LogP contribution >= 0.6 is 11.3 Å². The third kappa shape index (κ3) is 3.66. The molecule has 182 valence electrons. The Morgan fingerprint density at radius 2 is 2.03 bits per heavy atom. The summed E-state index contributed by atoms with van der Waals surface area (Å²) < 4.78 is 16.0. The molecule has 1 aliphatic rings. The molecule has 11 heteroatoms. The summed E-state index contributed by atoms with van der Waals surface area (Å²) in [5.74, 6) is -0.0984. The fraction of sp³-hybridized carbons (Fsp3) is 0.154. The molecule has 0 spiro atoms. The molecule has 0 aliphatic heterocycles. The van der Waals surface area contributed by atoms with E-state index < -0.39 is 5.82 Å². The first-order valence-corrected chi connectivity index (χ1v) is 12.7. The van der Waals surface area contributed by atoms with Crippen LogP contribution in [0.3, 0.4) is 0 Å². The van der Waals surface area contributed by atoms with Gasteiger partial charge in [-0.3, -0.25) is 14.9 Å². The van der Waals surface area contributed by atoms with Crippen LogP contribution in [0.25, 0.3) is 55.3 Å². The Morgan fingerprint density at radius 3 is 2.84 bits per heavy atom. The van der Waals surface area contributed by atoms with Gasteiger partial charge in [-0.2, -0.15) is 5.10 Å². The van der Waals surface area contributed by atoms with Gasteiger partial charge in [-0.15, -0.1) is 11.3 Å². The van der Waals surface area contributed by atoms with Crippen LogP contribution in [0.2, 0.25) is 0 Å². The van der Waals surface area contributed by atoms with Crippen LogP contribution in [0.15, 0.2) is 54.4 Å². The molecule has 1 saturated carbocycles. The molecule has 0 saturated heterocycles. The number of aromatic nitrogens is 7. The van der Waals surface area contributed by atoms with Crippen molar-refractivity contribution in [2.75, 3.05) is 5.32 Å². The van der Waals surface area contributed by atoms with Crippen molar-refractivity contribution >= 4 is 45.1 Å². The van der Waals surface area contributed by atoms with Crippen LogP contribution in [-0.4, -0.2) is 41.0 Å². The number of anilines is 1. The van der Waals surface area contributed by atoms with Crippen LogP contribution in [-0.2, 0) is 4.79 Å². The third-order valence-electron chi connectivity index (χ3n) is 6.73. The van der Waals surface area contributed by atoms with Gasteiger partial charge in [-0.1, -0.05) is 12.5 Å². The molecule has 3 N–H and O–H groups in total. The standard InChI is InChI=1S/C26H19FN8OS/c27-20-17(14-9-15(11-28-10-14)31-26(36)13-3-1-4-13)12-30-23-19(20)22(34-35-23)25-32-21-16(18-5-2-8-37-18)6-7-29-24(21)33-25/h2,5-13H,1,3-4H2,(H,31,36)(H,29,32,33)(H,30,34,35). The maximum absolute atomic E-state index is 16.0. The van der Waals surface area contributed by atoms with E-state index in [1.165, 1.54) is 6.20 Å². The number of imidazole rings is 1. The molecular weight excluding hydrogens is 491 g/mol. The number of nitrogens with one attached hydrogen (secondary N) is 3. The monoisotopic (exact) mass is 510 g/mol. The van der Waals surface area contributed by atoms with E-state index in [2.05, 4.69) is 40.4 Å². The molecular formula is C26H19FN8OS. The number of fused-ring (bicyclic) bond motifs is 2. The van der Waals surface area contributed by atoms with Gasteiger partial charge in [0.05, 0.1) is 22.8 Å². The maximum atomic E-state index is 16.0. The molecule has 9 nitrogen and oxygen atoms in total. The first kappa shape index (κ1) is 21.7. The molecule has 1 amide bonds. The number of hydrogen-bond acceptors (Lipinski definition) is 7. The maximum Gasteiger partial charge on any atom is 0.227 e. The third-order valence-corrected chi connectivity index (χ3v) is 7.63. The van der Waals surface area contributed by atoms with Gasteiger partial charge in [0.2, 0.25) is 5.91 Å². The molecule has 1 fully saturated rings. The van der Waals surface area contributed by atoms with Crippen molar-refractivity contribution in [2.24, 2.45) is 5.92 Å². The summed E-state index contributed by atoms with van der Waals surface area (Å²) in [4.78, 5) is 34.3. The summed E-state index contributed by atoms with van der Waals surface area (Å²) in [5.41, 5.74) is 4.11. The molecule has 0 bridgehead atoms. The zero-order chi connectivity index (χ0) is 24.9. The lowest BCUT2D eigenvalue weighted by molar-refractivity contribution is -0.122. The first-order chi connectivity index (χ1) is 18.2. The highest BCUT2D eigenvalue weighted by Gasteiger charge is 2.26. The minimum atomic E-state index is -0.509. The molecule has 0 radical (unpaired) electrons. The Balaban J connectivity index is 1.30. The van der Waals surface area contributed by atoms with E-state index in [9.17, 15) is 4.79 Å². The number of thiophene rings is 1. The number of amides is 1. The Labute approximate surface area is 213 Å². The summed E-state index contributed by atoms with van der Waals surface area (Å²) in [5, 5.41) is 12.2. The summed E-state index contributed by atoms with van der Waals surface area (Å²) in [6, 6.07) is 7.63. The molecule has 0 atom stereocenters. The minimum absolute atomic E-state index is 0.0308. The number of H-pyrrole nitrogens is 2. The van der Waals surface area contributed by atoms with Crippen LogP contribution < -0.4 is 5.32 Å². The minimum Gasteiger partial charge on any atom is -0.335 e. The van der Waals surface area contributed by atoms with Crippen LogP contribution in [0.5, 0.6) is 0 Å². The summed E-state index contributed by atoms with van der Waals surface area (Å²) in [6.07, 6.45) is 9.08. The second-order valence-corrected chi connectivity index (χ2v) is 9.93. The van der Waals surface area contributed by atoms with Crippen molar-refractivity contribution in [1.29, 1.82) is 0 Å². The topological polar surface area (TPSA) is 125 Å². The fourth-order valence-electron chi connectivity index (χ4n) is 4.56. The molecule has 0 aromatic carbocycles. The average Bonchev–Trinajstić information content (AvgIpc) is 3.62. The van der Waals surface area contributed by atoms with Gasteiger partial charge in [0.15, 0.2) is 17.1 Å². The Hall–Kier alpha value is -4.51. The second-order valence-electron chi connectivity index (χ2n) is 8.98. The van der Waals surface area contributed by atoms with Crippen LogP contribution in [0.4, 0.5) is 10.1 Å². The molecule has 37 heavy (non-hydrogen) atoms. The van der Waals surface area contributed by atoms with E-state index >= 15 is 4.39 Å². The zero-order valence-corrected chi connectivity index (χ0v) is 20.1. The quantitative estimate of drug-likeness (QED) is 0.279. The molecule has 6 aromatic rings. The highest BCUT2D eigenvalue weighted by molar-refractivity contribution is 7.13. The smallest absolute Gasteiger partial charge is 0.227 e. The highest BCUT2D eigenvalue weighted by Crippen LogP contribution is 2.35. The molecule has 7 rings (SSSR count). The van der Waals surface area contributed by atoms with Crippen molar-refractivity contribution in [3.63, 3.8) is 0 Å². The van der Waals surface area contributed by atoms with E-state index in [4.69, 9.17) is 0 Å². The van der Waals surface area contributed by atoms with Gasteiger partial charge in [0, 0.05) is 46.1 Å². The number of carbonyl (C=O) groups is 1. The fourth-order valence-corrected chi connectivity index (χ4v) is 5.32. The Kier molecular flexibility index (Phi) is 5.03. The van der Waals surface area contributed by atoms with Crippen molar-refractivity contribution in [3.8, 4) is 33.1 Å².